The number of hydrogen-bond acceptors (Lipinski definition) is 1. The topological polar surface area (TPSA) is 12.5 Å². The maximum Gasteiger partial charge on any atom is 0.0810 e. The number of hydrogen-bond donors (Lipinski definition) is 0. The van der Waals surface area contributed by atoms with Crippen molar-refractivity contribution in [2.45, 2.75) is 63.9 Å². The van der Waals surface area contributed by atoms with Gasteiger partial charge in [-0.25, -0.2) is 0 Å². The van der Waals surface area contributed by atoms with Crippen molar-refractivity contribution in [3.63, 3.8) is 0 Å². The lowest BCUT2D eigenvalue weighted by atomic mass is 10.2. The van der Waals surface area contributed by atoms with Crippen molar-refractivity contribution in [1.29, 1.82) is 0 Å². The SMILES string of the molecule is CC[Si](C)(CC)CCCCC1CO1. The molecule has 1 saturated heterocycles. The van der Waals surface area contributed by atoms with Crippen LogP contribution in [-0.4, -0.2) is 20.8 Å². The summed E-state index contributed by atoms with van der Waals surface area (Å²) in [6, 6.07) is 4.46. The minimum Gasteiger partial charge on any atom is -0.373 e. The second-order valence-electron chi connectivity index (χ2n) is 4.72. The van der Waals surface area contributed by atoms with Crippen molar-refractivity contribution in [3.8, 4) is 0 Å². The van der Waals surface area contributed by atoms with E-state index in [9.17, 15) is 0 Å². The molecule has 0 radical (unpaired) electrons. The Hall–Kier alpha value is 0.177. The third-order valence-electron chi connectivity index (χ3n) is 3.67. The maximum atomic E-state index is 5.20. The van der Waals surface area contributed by atoms with E-state index in [1.54, 1.807) is 0 Å². The Morgan fingerprint density at radius 2 is 1.85 bits per heavy atom. The molecule has 13 heavy (non-hydrogen) atoms. The fraction of sp³-hybridized carbons (Fsp3) is 1.00. The van der Waals surface area contributed by atoms with E-state index in [2.05, 4.69) is 20.4 Å². The molecule has 1 fully saturated rings. The molecule has 0 bridgehead atoms. The van der Waals surface area contributed by atoms with Crippen LogP contribution in [0.5, 0.6) is 0 Å². The van der Waals surface area contributed by atoms with Crippen molar-refractivity contribution in [2.24, 2.45) is 0 Å². The molecule has 1 atom stereocenters. The van der Waals surface area contributed by atoms with Crippen LogP contribution in [0.25, 0.3) is 0 Å². The predicted octanol–water partition coefficient (Wildman–Crippen LogP) is 3.67. The molecule has 1 rings (SSSR count). The number of rotatable bonds is 7. The van der Waals surface area contributed by atoms with Crippen LogP contribution in [0.2, 0.25) is 24.7 Å². The molecule has 0 spiro atoms. The molecule has 78 valence electrons. The van der Waals surface area contributed by atoms with E-state index in [-0.39, 0.29) is 0 Å². The quantitative estimate of drug-likeness (QED) is 0.347. The monoisotopic (exact) mass is 200 g/mol. The molecule has 2 heteroatoms. The summed E-state index contributed by atoms with van der Waals surface area (Å²) in [4.78, 5) is 0. The van der Waals surface area contributed by atoms with Crippen LogP contribution >= 0.6 is 0 Å². The van der Waals surface area contributed by atoms with Gasteiger partial charge in [-0.3, -0.25) is 0 Å². The standard InChI is InChI=1S/C11H24OSi/c1-4-13(3,5-2)9-7-6-8-11-10-12-11/h11H,4-10H2,1-3H3. The lowest BCUT2D eigenvalue weighted by molar-refractivity contribution is 0.391. The first-order valence-electron chi connectivity index (χ1n) is 5.82. The maximum absolute atomic E-state index is 5.20. The largest absolute Gasteiger partial charge is 0.373 e. The minimum absolute atomic E-state index is 0.649. The normalized spacial score (nSPS) is 21.9. The first-order valence-corrected chi connectivity index (χ1v) is 8.94. The number of ether oxygens (including phenoxy) is 1. The Balaban J connectivity index is 2.01. The fourth-order valence-corrected chi connectivity index (χ4v) is 4.07. The Morgan fingerprint density at radius 3 is 2.31 bits per heavy atom. The second kappa shape index (κ2) is 5.16. The van der Waals surface area contributed by atoms with E-state index in [4.69, 9.17) is 4.74 Å². The molecule has 0 aliphatic carbocycles. The van der Waals surface area contributed by atoms with E-state index < -0.39 is 8.07 Å². The molecule has 0 aromatic carbocycles. The number of epoxide rings is 1. The molecular formula is C11H24OSi. The van der Waals surface area contributed by atoms with Crippen LogP contribution in [0.1, 0.15) is 33.1 Å². The van der Waals surface area contributed by atoms with Gasteiger partial charge < -0.3 is 4.74 Å². The van der Waals surface area contributed by atoms with E-state index in [0.717, 1.165) is 6.61 Å². The highest BCUT2D eigenvalue weighted by Crippen LogP contribution is 2.24. The van der Waals surface area contributed by atoms with Crippen LogP contribution in [0.4, 0.5) is 0 Å². The van der Waals surface area contributed by atoms with Crippen LogP contribution in [-0.2, 0) is 4.74 Å². The molecule has 1 aliphatic rings. The summed E-state index contributed by atoms with van der Waals surface area (Å²) in [6.45, 7) is 8.34. The van der Waals surface area contributed by atoms with Gasteiger partial charge in [-0.05, 0) is 6.42 Å². The highest BCUT2D eigenvalue weighted by atomic mass is 28.3. The molecular weight excluding hydrogens is 176 g/mol. The molecule has 0 aromatic rings. The van der Waals surface area contributed by atoms with Crippen molar-refractivity contribution in [2.75, 3.05) is 6.61 Å². The summed E-state index contributed by atoms with van der Waals surface area (Å²) in [5.74, 6) is 0. The van der Waals surface area contributed by atoms with Gasteiger partial charge in [0.1, 0.15) is 0 Å². The van der Waals surface area contributed by atoms with Gasteiger partial charge in [0.25, 0.3) is 0 Å². The van der Waals surface area contributed by atoms with Gasteiger partial charge in [-0.15, -0.1) is 0 Å². The van der Waals surface area contributed by atoms with Gasteiger partial charge in [-0.2, -0.15) is 0 Å². The Bertz CT molecular complexity index is 139. The highest BCUT2D eigenvalue weighted by Gasteiger charge is 2.24. The van der Waals surface area contributed by atoms with Crippen LogP contribution in [0, 0.1) is 0 Å². The minimum atomic E-state index is -0.790. The second-order valence-corrected chi connectivity index (χ2v) is 10.3. The molecule has 0 aromatic heterocycles. The van der Waals surface area contributed by atoms with Crippen molar-refractivity contribution in [1.82, 2.24) is 0 Å². The molecule has 0 amide bonds. The zero-order valence-corrected chi connectivity index (χ0v) is 10.4. The summed E-state index contributed by atoms with van der Waals surface area (Å²) < 4.78 is 5.20. The van der Waals surface area contributed by atoms with Gasteiger partial charge in [0, 0.05) is 8.07 Å². The summed E-state index contributed by atoms with van der Waals surface area (Å²) >= 11 is 0. The van der Waals surface area contributed by atoms with Crippen LogP contribution in [0.3, 0.4) is 0 Å². The Kier molecular flexibility index (Phi) is 4.46. The van der Waals surface area contributed by atoms with Gasteiger partial charge in [0.15, 0.2) is 0 Å². The van der Waals surface area contributed by atoms with E-state index in [1.807, 2.05) is 0 Å². The smallest absolute Gasteiger partial charge is 0.0810 e. The van der Waals surface area contributed by atoms with E-state index in [0.29, 0.717) is 6.10 Å². The molecule has 0 saturated carbocycles. The van der Waals surface area contributed by atoms with Crippen molar-refractivity contribution >= 4 is 8.07 Å². The lowest BCUT2D eigenvalue weighted by Gasteiger charge is -2.23. The van der Waals surface area contributed by atoms with Gasteiger partial charge in [0.05, 0.1) is 12.7 Å². The third-order valence-corrected chi connectivity index (χ3v) is 8.64. The third kappa shape index (κ3) is 4.27. The molecule has 1 nitrogen and oxygen atoms in total. The molecule has 1 unspecified atom stereocenters. The summed E-state index contributed by atoms with van der Waals surface area (Å²) in [7, 11) is -0.790. The average Bonchev–Trinajstić information content (AvgIpc) is 2.96. The molecule has 0 N–H and O–H groups in total. The Morgan fingerprint density at radius 1 is 1.23 bits per heavy atom. The fourth-order valence-electron chi connectivity index (χ4n) is 1.76. The molecule has 1 heterocycles. The summed E-state index contributed by atoms with van der Waals surface area (Å²) in [6.07, 6.45) is 4.81. The predicted molar refractivity (Wildman–Crippen MR) is 61.0 cm³/mol. The Labute approximate surface area is 83.9 Å². The van der Waals surface area contributed by atoms with Gasteiger partial charge >= 0.3 is 0 Å². The zero-order chi connectivity index (χ0) is 9.73. The lowest BCUT2D eigenvalue weighted by Crippen LogP contribution is -2.27. The average molecular weight is 200 g/mol. The van der Waals surface area contributed by atoms with Crippen molar-refractivity contribution < 1.29 is 4.74 Å². The number of unbranched alkanes of at least 4 members (excludes halogenated alkanes) is 1. The summed E-state index contributed by atoms with van der Waals surface area (Å²) in [5.41, 5.74) is 0. The van der Waals surface area contributed by atoms with Gasteiger partial charge in [0.2, 0.25) is 0 Å². The van der Waals surface area contributed by atoms with E-state index in [1.165, 1.54) is 37.4 Å². The van der Waals surface area contributed by atoms with Crippen molar-refractivity contribution in [3.05, 3.63) is 0 Å². The van der Waals surface area contributed by atoms with Gasteiger partial charge in [-0.1, -0.05) is 51.4 Å². The zero-order valence-electron chi connectivity index (χ0n) is 9.44. The first kappa shape index (κ1) is 11.3. The first-order chi connectivity index (χ1) is 6.20. The molecule has 1 aliphatic heterocycles. The van der Waals surface area contributed by atoms with Crippen LogP contribution in [0.15, 0.2) is 0 Å². The highest BCUT2D eigenvalue weighted by molar-refractivity contribution is 6.78. The van der Waals surface area contributed by atoms with E-state index >= 15 is 0 Å². The van der Waals surface area contributed by atoms with Crippen LogP contribution < -0.4 is 0 Å². The summed E-state index contributed by atoms with van der Waals surface area (Å²) in [5, 5.41) is 0.